The van der Waals surface area contributed by atoms with E-state index in [1.54, 1.807) is 7.11 Å². The van der Waals surface area contributed by atoms with Crippen molar-refractivity contribution < 1.29 is 19.0 Å². The van der Waals surface area contributed by atoms with Gasteiger partial charge in [-0.05, 0) is 36.5 Å². The Morgan fingerprint density at radius 2 is 2.15 bits per heavy atom. The standard InChI is InChI=1S/C15H19NO4/c1-18-13-5-4-11(12-6-7-16-15(17)20-12)8-14(13)19-9-10-2-3-10/h4-5,8,10,12H,2-3,6-7,9H2,1H3,(H,16,17). The lowest BCUT2D eigenvalue weighted by Crippen LogP contribution is -2.33. The van der Waals surface area contributed by atoms with E-state index in [-0.39, 0.29) is 12.2 Å². The summed E-state index contributed by atoms with van der Waals surface area (Å²) >= 11 is 0. The third-order valence-electron chi connectivity index (χ3n) is 3.66. The molecule has 0 radical (unpaired) electrons. The molecule has 1 saturated heterocycles. The van der Waals surface area contributed by atoms with Crippen LogP contribution in [0, 0.1) is 5.92 Å². The Kier molecular flexibility index (Phi) is 3.67. The lowest BCUT2D eigenvalue weighted by molar-refractivity contribution is 0.0736. The van der Waals surface area contributed by atoms with Gasteiger partial charge in [0.1, 0.15) is 6.10 Å². The van der Waals surface area contributed by atoms with E-state index in [2.05, 4.69) is 5.32 Å². The molecule has 1 N–H and O–H groups in total. The number of cyclic esters (lactones) is 1. The van der Waals surface area contributed by atoms with E-state index in [9.17, 15) is 4.79 Å². The summed E-state index contributed by atoms with van der Waals surface area (Å²) in [7, 11) is 1.63. The second-order valence-corrected chi connectivity index (χ2v) is 5.27. The van der Waals surface area contributed by atoms with E-state index in [0.29, 0.717) is 12.5 Å². The maximum absolute atomic E-state index is 11.3. The monoisotopic (exact) mass is 277 g/mol. The summed E-state index contributed by atoms with van der Waals surface area (Å²) in [5.74, 6) is 2.13. The van der Waals surface area contributed by atoms with Crippen molar-refractivity contribution in [2.24, 2.45) is 5.92 Å². The van der Waals surface area contributed by atoms with E-state index in [4.69, 9.17) is 14.2 Å². The van der Waals surface area contributed by atoms with Gasteiger partial charge < -0.3 is 19.5 Å². The van der Waals surface area contributed by atoms with Gasteiger partial charge in [0.2, 0.25) is 0 Å². The highest BCUT2D eigenvalue weighted by atomic mass is 16.6. The van der Waals surface area contributed by atoms with Crippen molar-refractivity contribution in [3.8, 4) is 11.5 Å². The number of alkyl carbamates (subject to hydrolysis) is 1. The summed E-state index contributed by atoms with van der Waals surface area (Å²) in [4.78, 5) is 11.3. The Hall–Kier alpha value is -1.91. The predicted octanol–water partition coefficient (Wildman–Crippen LogP) is 2.66. The number of rotatable bonds is 5. The van der Waals surface area contributed by atoms with E-state index >= 15 is 0 Å². The van der Waals surface area contributed by atoms with Crippen LogP contribution in [0.2, 0.25) is 0 Å². The molecule has 2 fully saturated rings. The normalized spacial score (nSPS) is 21.9. The molecular weight excluding hydrogens is 258 g/mol. The molecular formula is C15H19NO4. The van der Waals surface area contributed by atoms with Crippen molar-refractivity contribution in [3.05, 3.63) is 23.8 Å². The number of benzene rings is 1. The molecule has 20 heavy (non-hydrogen) atoms. The second-order valence-electron chi connectivity index (χ2n) is 5.27. The molecule has 5 heteroatoms. The molecule has 1 aliphatic carbocycles. The summed E-state index contributed by atoms with van der Waals surface area (Å²) < 4.78 is 16.4. The molecule has 108 valence electrons. The zero-order chi connectivity index (χ0) is 13.9. The van der Waals surface area contributed by atoms with E-state index in [1.807, 2.05) is 18.2 Å². The van der Waals surface area contributed by atoms with E-state index < -0.39 is 0 Å². The van der Waals surface area contributed by atoms with Crippen LogP contribution in [0.3, 0.4) is 0 Å². The molecule has 0 aromatic heterocycles. The van der Waals surface area contributed by atoms with Gasteiger partial charge in [-0.1, -0.05) is 6.07 Å². The molecule has 0 spiro atoms. The zero-order valence-electron chi connectivity index (χ0n) is 11.6. The number of nitrogens with one attached hydrogen (secondary N) is 1. The molecule has 1 aromatic rings. The smallest absolute Gasteiger partial charge is 0.407 e. The van der Waals surface area contributed by atoms with Crippen LogP contribution < -0.4 is 14.8 Å². The SMILES string of the molecule is COc1ccc(C2CCNC(=O)O2)cc1OCC1CC1. The number of carbonyl (C=O) groups is 1. The van der Waals surface area contributed by atoms with Crippen molar-refractivity contribution in [2.45, 2.75) is 25.4 Å². The molecule has 1 atom stereocenters. The first-order valence-corrected chi connectivity index (χ1v) is 7.01. The van der Waals surface area contributed by atoms with Gasteiger partial charge in [-0.3, -0.25) is 0 Å². The lowest BCUT2D eigenvalue weighted by Gasteiger charge is -2.24. The summed E-state index contributed by atoms with van der Waals surface area (Å²) in [6.07, 6.45) is 2.68. The molecule has 1 heterocycles. The van der Waals surface area contributed by atoms with Crippen LogP contribution in [0.5, 0.6) is 11.5 Å². The lowest BCUT2D eigenvalue weighted by atomic mass is 10.0. The maximum atomic E-state index is 11.3. The molecule has 1 aromatic carbocycles. The first kappa shape index (κ1) is 13.1. The van der Waals surface area contributed by atoms with Gasteiger partial charge in [0.25, 0.3) is 0 Å². The third kappa shape index (κ3) is 2.98. The number of ether oxygens (including phenoxy) is 3. The van der Waals surface area contributed by atoms with Crippen molar-refractivity contribution in [1.82, 2.24) is 5.32 Å². The van der Waals surface area contributed by atoms with Crippen molar-refractivity contribution in [3.63, 3.8) is 0 Å². The minimum atomic E-state index is -0.363. The van der Waals surface area contributed by atoms with E-state index in [0.717, 1.165) is 30.1 Å². The average molecular weight is 277 g/mol. The van der Waals surface area contributed by atoms with Gasteiger partial charge in [0.05, 0.1) is 13.7 Å². The van der Waals surface area contributed by atoms with Gasteiger partial charge in [-0.15, -0.1) is 0 Å². The fourth-order valence-electron chi connectivity index (χ4n) is 2.27. The molecule has 1 amide bonds. The molecule has 2 aliphatic rings. The fraction of sp³-hybridized carbons (Fsp3) is 0.533. The molecule has 5 nitrogen and oxygen atoms in total. The summed E-state index contributed by atoms with van der Waals surface area (Å²) in [5.41, 5.74) is 0.950. The second kappa shape index (κ2) is 5.61. The number of hydrogen-bond acceptors (Lipinski definition) is 4. The highest BCUT2D eigenvalue weighted by Gasteiger charge is 2.25. The van der Waals surface area contributed by atoms with E-state index in [1.165, 1.54) is 12.8 Å². The van der Waals surface area contributed by atoms with Crippen LogP contribution in [-0.2, 0) is 4.74 Å². The number of hydrogen-bond donors (Lipinski definition) is 1. The Morgan fingerprint density at radius 3 is 2.85 bits per heavy atom. The van der Waals surface area contributed by atoms with Gasteiger partial charge in [-0.2, -0.15) is 0 Å². The summed E-state index contributed by atoms with van der Waals surface area (Å²) in [6, 6.07) is 5.71. The maximum Gasteiger partial charge on any atom is 0.407 e. The topological polar surface area (TPSA) is 56.8 Å². The van der Waals surface area contributed by atoms with Gasteiger partial charge in [-0.25, -0.2) is 4.79 Å². The summed E-state index contributed by atoms with van der Waals surface area (Å²) in [6.45, 7) is 1.36. The molecule has 1 aliphatic heterocycles. The van der Waals surface area contributed by atoms with Gasteiger partial charge in [0, 0.05) is 13.0 Å². The minimum absolute atomic E-state index is 0.210. The fourth-order valence-corrected chi connectivity index (χ4v) is 2.27. The molecule has 3 rings (SSSR count). The van der Waals surface area contributed by atoms with Crippen LogP contribution in [0.4, 0.5) is 4.79 Å². The van der Waals surface area contributed by atoms with Crippen LogP contribution in [-0.4, -0.2) is 26.4 Å². The van der Waals surface area contributed by atoms with Crippen LogP contribution in [0.15, 0.2) is 18.2 Å². The Morgan fingerprint density at radius 1 is 1.30 bits per heavy atom. The first-order valence-electron chi connectivity index (χ1n) is 7.01. The number of carbonyl (C=O) groups excluding carboxylic acids is 1. The molecule has 0 bridgehead atoms. The average Bonchev–Trinajstić information content (AvgIpc) is 3.29. The zero-order valence-corrected chi connectivity index (χ0v) is 11.6. The highest BCUT2D eigenvalue weighted by molar-refractivity contribution is 5.68. The summed E-state index contributed by atoms with van der Waals surface area (Å²) in [5, 5.41) is 2.65. The number of amides is 1. The molecule has 1 saturated carbocycles. The van der Waals surface area contributed by atoms with Crippen molar-refractivity contribution >= 4 is 6.09 Å². The minimum Gasteiger partial charge on any atom is -0.493 e. The van der Waals surface area contributed by atoms with Gasteiger partial charge >= 0.3 is 6.09 Å². The van der Waals surface area contributed by atoms with Gasteiger partial charge in [0.15, 0.2) is 11.5 Å². The largest absolute Gasteiger partial charge is 0.493 e. The Bertz CT molecular complexity index is 499. The Balaban J connectivity index is 1.76. The molecule has 1 unspecified atom stereocenters. The third-order valence-corrected chi connectivity index (χ3v) is 3.66. The predicted molar refractivity (Wildman–Crippen MR) is 73.1 cm³/mol. The van der Waals surface area contributed by atoms with Crippen LogP contribution in [0.25, 0.3) is 0 Å². The Labute approximate surface area is 118 Å². The van der Waals surface area contributed by atoms with Crippen molar-refractivity contribution in [1.29, 1.82) is 0 Å². The number of methoxy groups -OCH3 is 1. The van der Waals surface area contributed by atoms with Crippen LogP contribution in [0.1, 0.15) is 30.9 Å². The van der Waals surface area contributed by atoms with Crippen LogP contribution >= 0.6 is 0 Å². The quantitative estimate of drug-likeness (QED) is 0.899. The highest BCUT2D eigenvalue weighted by Crippen LogP contribution is 2.35. The van der Waals surface area contributed by atoms with Crippen molar-refractivity contribution in [2.75, 3.05) is 20.3 Å². The first-order chi connectivity index (χ1) is 9.76.